The molecule has 0 aliphatic carbocycles. The Morgan fingerprint density at radius 3 is 2.71 bits per heavy atom. The molecule has 0 aliphatic rings. The van der Waals surface area contributed by atoms with E-state index in [1.165, 1.54) is 0 Å². The highest BCUT2D eigenvalue weighted by molar-refractivity contribution is 9.10. The molecule has 0 aromatic heterocycles. The molecule has 1 aromatic rings. The SMILES string of the molecule is CC(Br)C(=O)c1cccc(Cl)c1C=O. The second-order valence-electron chi connectivity index (χ2n) is 2.80. The van der Waals surface area contributed by atoms with Crippen LogP contribution in [0.5, 0.6) is 0 Å². The number of benzene rings is 1. The van der Waals surface area contributed by atoms with Gasteiger partial charge in [-0.05, 0) is 13.0 Å². The minimum atomic E-state index is -0.320. The van der Waals surface area contributed by atoms with Gasteiger partial charge < -0.3 is 0 Å². The normalized spacial score (nSPS) is 12.2. The van der Waals surface area contributed by atoms with Crippen molar-refractivity contribution in [2.45, 2.75) is 11.8 Å². The van der Waals surface area contributed by atoms with Crippen LogP contribution in [0.3, 0.4) is 0 Å². The first-order chi connectivity index (χ1) is 6.57. The smallest absolute Gasteiger partial charge is 0.176 e. The summed E-state index contributed by atoms with van der Waals surface area (Å²) in [5, 5.41) is 0.305. The van der Waals surface area contributed by atoms with Crippen molar-refractivity contribution in [3.8, 4) is 0 Å². The number of halogens is 2. The van der Waals surface area contributed by atoms with Crippen molar-refractivity contribution in [3.05, 3.63) is 34.3 Å². The highest BCUT2D eigenvalue weighted by atomic mass is 79.9. The molecule has 14 heavy (non-hydrogen) atoms. The number of aldehydes is 1. The molecule has 0 amide bonds. The van der Waals surface area contributed by atoms with Gasteiger partial charge in [0.15, 0.2) is 12.1 Å². The van der Waals surface area contributed by atoms with Crippen LogP contribution in [0.25, 0.3) is 0 Å². The van der Waals surface area contributed by atoms with E-state index in [0.717, 1.165) is 0 Å². The number of hydrogen-bond acceptors (Lipinski definition) is 2. The fourth-order valence-electron chi connectivity index (χ4n) is 1.09. The largest absolute Gasteiger partial charge is 0.298 e. The molecule has 0 N–H and O–H groups in total. The molecule has 1 aromatic carbocycles. The summed E-state index contributed by atoms with van der Waals surface area (Å²) >= 11 is 8.94. The van der Waals surface area contributed by atoms with Gasteiger partial charge in [-0.3, -0.25) is 9.59 Å². The van der Waals surface area contributed by atoms with E-state index in [1.54, 1.807) is 25.1 Å². The Morgan fingerprint density at radius 2 is 2.21 bits per heavy atom. The van der Waals surface area contributed by atoms with Gasteiger partial charge in [-0.2, -0.15) is 0 Å². The van der Waals surface area contributed by atoms with Gasteiger partial charge in [0.1, 0.15) is 0 Å². The number of carbonyl (C=O) groups excluding carboxylic acids is 2. The Labute approximate surface area is 95.4 Å². The van der Waals surface area contributed by atoms with Gasteiger partial charge in [-0.25, -0.2) is 0 Å². The summed E-state index contributed by atoms with van der Waals surface area (Å²) in [6.45, 7) is 1.71. The number of rotatable bonds is 3. The van der Waals surface area contributed by atoms with E-state index in [4.69, 9.17) is 11.6 Å². The van der Waals surface area contributed by atoms with Crippen molar-refractivity contribution >= 4 is 39.6 Å². The predicted molar refractivity (Wildman–Crippen MR) is 59.6 cm³/mol. The molecule has 1 unspecified atom stereocenters. The molecule has 0 saturated carbocycles. The van der Waals surface area contributed by atoms with Crippen LogP contribution in [-0.2, 0) is 0 Å². The molecule has 0 fully saturated rings. The second-order valence-corrected chi connectivity index (χ2v) is 4.58. The third kappa shape index (κ3) is 2.22. The fourth-order valence-corrected chi connectivity index (χ4v) is 1.55. The van der Waals surface area contributed by atoms with E-state index < -0.39 is 0 Å². The number of alkyl halides is 1. The quantitative estimate of drug-likeness (QED) is 0.482. The summed E-state index contributed by atoms with van der Waals surface area (Å²) in [5.41, 5.74) is 0.613. The van der Waals surface area contributed by atoms with Crippen LogP contribution in [0.15, 0.2) is 18.2 Å². The second kappa shape index (κ2) is 4.71. The molecule has 0 heterocycles. The van der Waals surface area contributed by atoms with Crippen LogP contribution in [0.2, 0.25) is 5.02 Å². The molecule has 0 saturated heterocycles. The zero-order valence-electron chi connectivity index (χ0n) is 7.46. The van der Waals surface area contributed by atoms with E-state index in [2.05, 4.69) is 15.9 Å². The molecular formula is C10H8BrClO2. The molecule has 1 rings (SSSR count). The standard InChI is InChI=1S/C10H8BrClO2/c1-6(11)10(14)7-3-2-4-9(12)8(7)5-13/h2-6H,1H3. The summed E-state index contributed by atoms with van der Waals surface area (Å²) < 4.78 is 0. The maximum absolute atomic E-state index is 11.6. The Kier molecular flexibility index (Phi) is 3.84. The first-order valence-corrected chi connectivity index (χ1v) is 5.29. The lowest BCUT2D eigenvalue weighted by molar-refractivity contribution is 0.0989. The van der Waals surface area contributed by atoms with Gasteiger partial charge in [0.2, 0.25) is 0 Å². The summed E-state index contributed by atoms with van der Waals surface area (Å²) in [7, 11) is 0. The summed E-state index contributed by atoms with van der Waals surface area (Å²) in [6.07, 6.45) is 0.602. The molecule has 0 spiro atoms. The van der Waals surface area contributed by atoms with E-state index in [9.17, 15) is 9.59 Å². The Morgan fingerprint density at radius 1 is 1.57 bits per heavy atom. The molecule has 2 nitrogen and oxygen atoms in total. The minimum absolute atomic E-state index is 0.144. The third-order valence-corrected chi connectivity index (χ3v) is 2.54. The lowest BCUT2D eigenvalue weighted by Crippen LogP contribution is -2.12. The van der Waals surface area contributed by atoms with Crippen LogP contribution in [0, 0.1) is 0 Å². The zero-order valence-corrected chi connectivity index (χ0v) is 9.80. The Bertz CT molecular complexity index is 374. The number of Topliss-reactive ketones (excluding diaryl/α,β-unsaturated/α-hetero) is 1. The van der Waals surface area contributed by atoms with Crippen molar-refractivity contribution in [2.75, 3.05) is 0 Å². The number of hydrogen-bond donors (Lipinski definition) is 0. The Hall–Kier alpha value is -0.670. The highest BCUT2D eigenvalue weighted by Gasteiger charge is 2.17. The third-order valence-electron chi connectivity index (χ3n) is 1.80. The van der Waals surface area contributed by atoms with E-state index >= 15 is 0 Å². The molecule has 0 bridgehead atoms. The topological polar surface area (TPSA) is 34.1 Å². The van der Waals surface area contributed by atoms with Gasteiger partial charge in [-0.1, -0.05) is 39.7 Å². The maximum atomic E-state index is 11.6. The lowest BCUT2D eigenvalue weighted by Gasteiger charge is -2.06. The number of carbonyl (C=O) groups is 2. The molecule has 74 valence electrons. The highest BCUT2D eigenvalue weighted by Crippen LogP contribution is 2.20. The predicted octanol–water partition coefficient (Wildman–Crippen LogP) is 3.12. The molecule has 0 radical (unpaired) electrons. The van der Waals surface area contributed by atoms with E-state index in [-0.39, 0.29) is 16.2 Å². The monoisotopic (exact) mass is 274 g/mol. The zero-order chi connectivity index (χ0) is 10.7. The first-order valence-electron chi connectivity index (χ1n) is 4.00. The summed E-state index contributed by atoms with van der Waals surface area (Å²) in [5.74, 6) is -0.144. The van der Waals surface area contributed by atoms with E-state index in [1.807, 2.05) is 0 Å². The van der Waals surface area contributed by atoms with Crippen LogP contribution < -0.4 is 0 Å². The van der Waals surface area contributed by atoms with Gasteiger partial charge in [0, 0.05) is 11.1 Å². The van der Waals surface area contributed by atoms with Crippen LogP contribution in [-0.4, -0.2) is 16.9 Å². The Balaban J connectivity index is 3.27. The maximum Gasteiger partial charge on any atom is 0.176 e. The van der Waals surface area contributed by atoms with Crippen molar-refractivity contribution in [2.24, 2.45) is 0 Å². The average molecular weight is 276 g/mol. The van der Waals surface area contributed by atoms with Gasteiger partial charge in [0.25, 0.3) is 0 Å². The molecule has 1 atom stereocenters. The van der Waals surface area contributed by atoms with Crippen LogP contribution >= 0.6 is 27.5 Å². The molecular weight excluding hydrogens is 267 g/mol. The first kappa shape index (κ1) is 11.4. The summed E-state index contributed by atoms with van der Waals surface area (Å²) in [6, 6.07) is 4.83. The lowest BCUT2D eigenvalue weighted by atomic mass is 10.0. The van der Waals surface area contributed by atoms with Gasteiger partial charge in [0.05, 0.1) is 9.85 Å². The van der Waals surface area contributed by atoms with Gasteiger partial charge >= 0.3 is 0 Å². The molecule has 0 aliphatic heterocycles. The average Bonchev–Trinajstić information content (AvgIpc) is 2.16. The summed E-state index contributed by atoms with van der Waals surface area (Å²) in [4.78, 5) is 22.0. The van der Waals surface area contributed by atoms with E-state index in [0.29, 0.717) is 16.9 Å². The van der Waals surface area contributed by atoms with Crippen molar-refractivity contribution < 1.29 is 9.59 Å². The van der Waals surface area contributed by atoms with Crippen molar-refractivity contribution in [1.82, 2.24) is 0 Å². The van der Waals surface area contributed by atoms with Crippen LogP contribution in [0.1, 0.15) is 27.6 Å². The molecule has 4 heteroatoms. The fraction of sp³-hybridized carbons (Fsp3) is 0.200. The number of ketones is 1. The van der Waals surface area contributed by atoms with Crippen LogP contribution in [0.4, 0.5) is 0 Å². The minimum Gasteiger partial charge on any atom is -0.298 e. The van der Waals surface area contributed by atoms with Crippen molar-refractivity contribution in [3.63, 3.8) is 0 Å². The van der Waals surface area contributed by atoms with Crippen molar-refractivity contribution in [1.29, 1.82) is 0 Å². The van der Waals surface area contributed by atoms with Gasteiger partial charge in [-0.15, -0.1) is 0 Å².